The first-order valence-electron chi connectivity index (χ1n) is 8.48. The smallest absolute Gasteiger partial charge is 0.315 e. The number of rotatable bonds is 4. The third kappa shape index (κ3) is 2.41. The van der Waals surface area contributed by atoms with Crippen molar-refractivity contribution in [1.82, 2.24) is 10.6 Å². The highest BCUT2D eigenvalue weighted by molar-refractivity contribution is 5.74. The predicted molar refractivity (Wildman–Crippen MR) is 81.0 cm³/mol. The number of hydrogen-bond acceptors (Lipinski definition) is 3. The van der Waals surface area contributed by atoms with Gasteiger partial charge in [-0.15, -0.1) is 0 Å². The second-order valence-corrected chi connectivity index (χ2v) is 7.15. The first kappa shape index (κ1) is 14.1. The summed E-state index contributed by atoms with van der Waals surface area (Å²) < 4.78 is 5.13. The Hall–Kier alpha value is -1.49. The lowest BCUT2D eigenvalue weighted by Gasteiger charge is -2.32. The highest BCUT2D eigenvalue weighted by Gasteiger charge is 2.54. The fourth-order valence-electron chi connectivity index (χ4n) is 5.22. The zero-order chi connectivity index (χ0) is 15.1. The second-order valence-electron chi connectivity index (χ2n) is 7.15. The first-order chi connectivity index (χ1) is 10.7. The van der Waals surface area contributed by atoms with Gasteiger partial charge < -0.3 is 20.2 Å². The third-order valence-corrected chi connectivity index (χ3v) is 6.07. The number of aliphatic hydroxyl groups is 1. The van der Waals surface area contributed by atoms with E-state index in [0.29, 0.717) is 17.7 Å². The van der Waals surface area contributed by atoms with Crippen LogP contribution in [0.4, 0.5) is 4.79 Å². The number of nitrogens with one attached hydrogen (secondary N) is 2. The van der Waals surface area contributed by atoms with E-state index in [4.69, 9.17) is 4.42 Å². The number of aliphatic hydroxyl groups excluding tert-OH is 1. The van der Waals surface area contributed by atoms with Crippen LogP contribution in [0.3, 0.4) is 0 Å². The lowest BCUT2D eigenvalue weighted by atomic mass is 9.79. The summed E-state index contributed by atoms with van der Waals surface area (Å²) in [5.41, 5.74) is 0. The van der Waals surface area contributed by atoms with E-state index in [1.807, 2.05) is 0 Å². The summed E-state index contributed by atoms with van der Waals surface area (Å²) in [7, 11) is 0. The van der Waals surface area contributed by atoms with Gasteiger partial charge in [-0.05, 0) is 61.5 Å². The number of amides is 2. The van der Waals surface area contributed by atoms with Gasteiger partial charge in [0.05, 0.1) is 12.8 Å². The summed E-state index contributed by atoms with van der Waals surface area (Å²) in [6.07, 6.45) is 7.29. The van der Waals surface area contributed by atoms with Crippen molar-refractivity contribution in [2.45, 2.75) is 44.2 Å². The van der Waals surface area contributed by atoms with Gasteiger partial charge in [-0.1, -0.05) is 6.42 Å². The number of carbonyl (C=O) groups excluding carboxylic acids is 1. The molecule has 120 valence electrons. The van der Waals surface area contributed by atoms with Crippen LogP contribution in [0.5, 0.6) is 0 Å². The van der Waals surface area contributed by atoms with E-state index in [0.717, 1.165) is 24.2 Å². The Morgan fingerprint density at radius 2 is 2.18 bits per heavy atom. The summed E-state index contributed by atoms with van der Waals surface area (Å²) in [6, 6.07) is 3.59. The molecular weight excluding hydrogens is 280 g/mol. The fraction of sp³-hybridized carbons (Fsp3) is 0.706. The van der Waals surface area contributed by atoms with Crippen LogP contribution in [0.2, 0.25) is 0 Å². The van der Waals surface area contributed by atoms with Gasteiger partial charge in [-0.3, -0.25) is 0 Å². The number of carbonyl (C=O) groups is 1. The van der Waals surface area contributed by atoms with Gasteiger partial charge in [0.15, 0.2) is 0 Å². The van der Waals surface area contributed by atoms with E-state index in [9.17, 15) is 9.90 Å². The maximum Gasteiger partial charge on any atom is 0.315 e. The molecule has 3 N–H and O–H groups in total. The molecule has 3 saturated carbocycles. The largest absolute Gasteiger partial charge is 0.467 e. The standard InChI is InChI=1S/C17H24N2O3/c20-15(16-5-2-6-22-16)9-18-17(21)19-14-8-10-7-13(14)12-4-1-3-11(10)12/h2,5-6,10-15,20H,1,3-4,7-9H2,(H2,18,19,21). The number of furan rings is 1. The van der Waals surface area contributed by atoms with Crippen LogP contribution in [-0.4, -0.2) is 23.7 Å². The van der Waals surface area contributed by atoms with Crippen LogP contribution in [0.25, 0.3) is 0 Å². The quantitative estimate of drug-likeness (QED) is 0.800. The molecule has 1 aromatic heterocycles. The van der Waals surface area contributed by atoms with Gasteiger partial charge in [0.25, 0.3) is 0 Å². The molecule has 0 radical (unpaired) electrons. The zero-order valence-electron chi connectivity index (χ0n) is 12.7. The Morgan fingerprint density at radius 3 is 3.00 bits per heavy atom. The van der Waals surface area contributed by atoms with E-state index in [1.165, 1.54) is 31.9 Å². The molecule has 0 spiro atoms. The van der Waals surface area contributed by atoms with Crippen molar-refractivity contribution in [1.29, 1.82) is 0 Å². The molecular formula is C17H24N2O3. The minimum Gasteiger partial charge on any atom is -0.467 e. The molecule has 22 heavy (non-hydrogen) atoms. The molecule has 0 aromatic carbocycles. The van der Waals surface area contributed by atoms with Crippen LogP contribution in [-0.2, 0) is 0 Å². The summed E-state index contributed by atoms with van der Waals surface area (Å²) in [4.78, 5) is 12.1. The Labute approximate surface area is 130 Å². The molecule has 0 saturated heterocycles. The highest BCUT2D eigenvalue weighted by atomic mass is 16.4. The van der Waals surface area contributed by atoms with Gasteiger partial charge in [-0.2, -0.15) is 0 Å². The van der Waals surface area contributed by atoms with Crippen LogP contribution >= 0.6 is 0 Å². The number of fused-ring (bicyclic) bond motifs is 5. The van der Waals surface area contributed by atoms with Crippen molar-refractivity contribution >= 4 is 6.03 Å². The molecule has 3 fully saturated rings. The molecule has 1 heterocycles. The van der Waals surface area contributed by atoms with Crippen molar-refractivity contribution < 1.29 is 14.3 Å². The highest BCUT2D eigenvalue weighted by Crippen LogP contribution is 2.58. The molecule has 4 rings (SSSR count). The minimum absolute atomic E-state index is 0.169. The average Bonchev–Trinajstić information content (AvgIpc) is 3.24. The lowest BCUT2D eigenvalue weighted by Crippen LogP contribution is -2.47. The number of urea groups is 1. The molecule has 3 aliphatic carbocycles. The van der Waals surface area contributed by atoms with Crippen molar-refractivity contribution in [2.75, 3.05) is 6.54 Å². The van der Waals surface area contributed by atoms with Gasteiger partial charge in [0, 0.05) is 6.04 Å². The van der Waals surface area contributed by atoms with E-state index in [1.54, 1.807) is 12.1 Å². The zero-order valence-corrected chi connectivity index (χ0v) is 12.7. The molecule has 1 aromatic rings. The molecule has 3 aliphatic rings. The maximum absolute atomic E-state index is 12.1. The van der Waals surface area contributed by atoms with Gasteiger partial charge in [-0.25, -0.2) is 4.79 Å². The summed E-state index contributed by atoms with van der Waals surface area (Å²) >= 11 is 0. The minimum atomic E-state index is -0.792. The predicted octanol–water partition coefficient (Wildman–Crippen LogP) is 2.44. The lowest BCUT2D eigenvalue weighted by molar-refractivity contribution is 0.146. The van der Waals surface area contributed by atoms with Crippen molar-refractivity contribution in [3.05, 3.63) is 24.2 Å². The molecule has 5 nitrogen and oxygen atoms in total. The molecule has 6 atom stereocenters. The Bertz CT molecular complexity index is 530. The Balaban J connectivity index is 1.27. The third-order valence-electron chi connectivity index (χ3n) is 6.07. The Morgan fingerprint density at radius 1 is 1.32 bits per heavy atom. The molecule has 0 aliphatic heterocycles. The molecule has 2 bridgehead atoms. The van der Waals surface area contributed by atoms with Crippen LogP contribution in [0.15, 0.2) is 22.8 Å². The van der Waals surface area contributed by atoms with E-state index < -0.39 is 6.10 Å². The van der Waals surface area contributed by atoms with Crippen molar-refractivity contribution in [3.63, 3.8) is 0 Å². The average molecular weight is 304 g/mol. The first-order valence-corrected chi connectivity index (χ1v) is 8.48. The van der Waals surface area contributed by atoms with Gasteiger partial charge in [0.1, 0.15) is 11.9 Å². The normalized spacial score (nSPS) is 37.0. The SMILES string of the molecule is O=C(NCC(O)c1ccco1)NC1CC2CC1C1CCCC21. The monoisotopic (exact) mass is 304 g/mol. The van der Waals surface area contributed by atoms with Crippen LogP contribution < -0.4 is 10.6 Å². The Kier molecular flexibility index (Phi) is 3.60. The fourth-order valence-corrected chi connectivity index (χ4v) is 5.22. The second kappa shape index (κ2) is 5.61. The summed E-state index contributed by atoms with van der Waals surface area (Å²) in [6.45, 7) is 0.173. The van der Waals surface area contributed by atoms with Gasteiger partial charge in [0.2, 0.25) is 0 Å². The van der Waals surface area contributed by atoms with Crippen molar-refractivity contribution in [3.8, 4) is 0 Å². The summed E-state index contributed by atoms with van der Waals surface area (Å²) in [5.74, 6) is 3.77. The van der Waals surface area contributed by atoms with Crippen LogP contribution in [0, 0.1) is 23.7 Å². The molecule has 6 unspecified atom stereocenters. The topological polar surface area (TPSA) is 74.5 Å². The van der Waals surface area contributed by atoms with E-state index in [2.05, 4.69) is 10.6 Å². The summed E-state index contributed by atoms with van der Waals surface area (Å²) in [5, 5.41) is 15.8. The number of hydrogen-bond donors (Lipinski definition) is 3. The van der Waals surface area contributed by atoms with Crippen molar-refractivity contribution in [2.24, 2.45) is 23.7 Å². The molecule has 5 heteroatoms. The van der Waals surface area contributed by atoms with E-state index >= 15 is 0 Å². The maximum atomic E-state index is 12.1. The molecule has 2 amide bonds. The van der Waals surface area contributed by atoms with Gasteiger partial charge >= 0.3 is 6.03 Å². The van der Waals surface area contributed by atoms with Crippen LogP contribution in [0.1, 0.15) is 44.0 Å². The van der Waals surface area contributed by atoms with E-state index in [-0.39, 0.29) is 12.6 Å².